The molecule has 2 heterocycles. The van der Waals surface area contributed by atoms with Crippen molar-refractivity contribution in [3.63, 3.8) is 0 Å². The summed E-state index contributed by atoms with van der Waals surface area (Å²) < 4.78 is 8.01. The molecule has 1 amide bonds. The summed E-state index contributed by atoms with van der Waals surface area (Å²) >= 11 is 2.79. The first-order chi connectivity index (χ1) is 12.6. The maximum absolute atomic E-state index is 12.3. The van der Waals surface area contributed by atoms with Crippen LogP contribution < -0.4 is 4.80 Å². The molecule has 0 saturated carbocycles. The number of benzene rings is 1. The lowest BCUT2D eigenvalue weighted by atomic mass is 10.3. The number of hydrogen-bond donors (Lipinski definition) is 0. The second-order valence-corrected chi connectivity index (χ2v) is 7.45. The van der Waals surface area contributed by atoms with Crippen molar-refractivity contribution in [3.05, 3.63) is 55.5 Å². The van der Waals surface area contributed by atoms with Crippen LogP contribution in [-0.2, 0) is 22.5 Å². The molecule has 0 aliphatic carbocycles. The van der Waals surface area contributed by atoms with Crippen LogP contribution in [0.15, 0.2) is 40.7 Å². The van der Waals surface area contributed by atoms with E-state index in [-0.39, 0.29) is 18.0 Å². The number of nitro groups is 1. The molecule has 0 saturated heterocycles. The Kier molecular flexibility index (Phi) is 5.92. The minimum Gasteiger partial charge on any atom is -0.380 e. The molecular weight excluding hydrogens is 374 g/mol. The first kappa shape index (κ1) is 18.4. The highest BCUT2D eigenvalue weighted by Crippen LogP contribution is 2.23. The summed E-state index contributed by atoms with van der Waals surface area (Å²) in [5.41, 5.74) is 0.829. The van der Waals surface area contributed by atoms with E-state index in [0.717, 1.165) is 15.1 Å². The summed E-state index contributed by atoms with van der Waals surface area (Å²) in [6.07, 6.45) is 0.248. The van der Waals surface area contributed by atoms with Crippen molar-refractivity contribution >= 4 is 44.5 Å². The van der Waals surface area contributed by atoms with E-state index in [1.165, 1.54) is 34.8 Å². The Balaban J connectivity index is 2.00. The number of rotatable bonds is 7. The van der Waals surface area contributed by atoms with Gasteiger partial charge >= 0.3 is 0 Å². The molecule has 1 aromatic carbocycles. The van der Waals surface area contributed by atoms with Crippen molar-refractivity contribution in [1.29, 1.82) is 0 Å². The predicted octanol–water partition coefficient (Wildman–Crippen LogP) is 3.38. The van der Waals surface area contributed by atoms with E-state index >= 15 is 0 Å². The first-order valence-corrected chi connectivity index (χ1v) is 9.73. The topological polar surface area (TPSA) is 86.7 Å². The summed E-state index contributed by atoms with van der Waals surface area (Å²) in [6.45, 7) is 3.51. The molecule has 0 bridgehead atoms. The van der Waals surface area contributed by atoms with Gasteiger partial charge in [-0.1, -0.05) is 17.4 Å². The largest absolute Gasteiger partial charge is 0.380 e. The fourth-order valence-corrected chi connectivity index (χ4v) is 4.29. The average Bonchev–Trinajstić information content (AvgIpc) is 3.22. The van der Waals surface area contributed by atoms with Crippen molar-refractivity contribution < 1.29 is 14.5 Å². The van der Waals surface area contributed by atoms with Crippen LogP contribution in [0.1, 0.15) is 11.8 Å². The van der Waals surface area contributed by atoms with E-state index in [2.05, 4.69) is 4.99 Å². The SMILES string of the molecule is CCOCCn1c(=NC(=O)Cc2cccs2)sc2cc([N+](=O)[O-])ccc21. The summed E-state index contributed by atoms with van der Waals surface area (Å²) in [5.74, 6) is -0.237. The number of amides is 1. The van der Waals surface area contributed by atoms with Gasteiger partial charge in [0.1, 0.15) is 0 Å². The average molecular weight is 391 g/mol. The van der Waals surface area contributed by atoms with Crippen molar-refractivity contribution in [1.82, 2.24) is 4.57 Å². The Morgan fingerprint density at radius 1 is 1.38 bits per heavy atom. The summed E-state index contributed by atoms with van der Waals surface area (Å²) in [5, 5.41) is 12.9. The Hall–Kier alpha value is -2.36. The van der Waals surface area contributed by atoms with Gasteiger partial charge in [-0.2, -0.15) is 4.99 Å². The zero-order chi connectivity index (χ0) is 18.5. The maximum atomic E-state index is 12.3. The van der Waals surface area contributed by atoms with Gasteiger partial charge in [-0.3, -0.25) is 14.9 Å². The van der Waals surface area contributed by atoms with Gasteiger partial charge in [0.05, 0.1) is 28.2 Å². The van der Waals surface area contributed by atoms with Crippen LogP contribution in [0.2, 0.25) is 0 Å². The van der Waals surface area contributed by atoms with Crippen LogP contribution in [0.25, 0.3) is 10.2 Å². The molecule has 7 nitrogen and oxygen atoms in total. The number of carbonyl (C=O) groups is 1. The molecule has 0 atom stereocenters. The van der Waals surface area contributed by atoms with Gasteiger partial charge in [0.2, 0.25) is 0 Å². The highest BCUT2D eigenvalue weighted by molar-refractivity contribution is 7.16. The summed E-state index contributed by atoms with van der Waals surface area (Å²) in [7, 11) is 0. The van der Waals surface area contributed by atoms with E-state index in [0.29, 0.717) is 24.6 Å². The molecule has 3 rings (SSSR count). The molecule has 2 aromatic heterocycles. The molecule has 0 radical (unpaired) electrons. The minimum absolute atomic E-state index is 0.0205. The van der Waals surface area contributed by atoms with Crippen LogP contribution in [0.3, 0.4) is 0 Å². The maximum Gasteiger partial charge on any atom is 0.270 e. The van der Waals surface area contributed by atoms with Crippen molar-refractivity contribution in [2.24, 2.45) is 4.99 Å². The molecule has 0 fully saturated rings. The molecule has 26 heavy (non-hydrogen) atoms. The van der Waals surface area contributed by atoms with Gasteiger partial charge in [-0.05, 0) is 24.4 Å². The van der Waals surface area contributed by atoms with Gasteiger partial charge in [-0.25, -0.2) is 0 Å². The van der Waals surface area contributed by atoms with Crippen LogP contribution >= 0.6 is 22.7 Å². The van der Waals surface area contributed by atoms with E-state index in [4.69, 9.17) is 4.74 Å². The van der Waals surface area contributed by atoms with Gasteiger partial charge in [0.25, 0.3) is 11.6 Å². The first-order valence-electron chi connectivity index (χ1n) is 8.04. The standard InChI is InChI=1S/C17H17N3O4S2/c1-2-24-8-7-19-14-6-5-12(20(22)23)10-15(14)26-17(19)18-16(21)11-13-4-3-9-25-13/h3-6,9-10H,2,7-8,11H2,1H3. The van der Waals surface area contributed by atoms with Crippen LogP contribution in [-0.4, -0.2) is 28.6 Å². The number of thiophene rings is 1. The lowest BCUT2D eigenvalue weighted by Crippen LogP contribution is -2.20. The molecule has 0 spiro atoms. The zero-order valence-corrected chi connectivity index (χ0v) is 15.7. The molecule has 0 N–H and O–H groups in total. The minimum atomic E-state index is -0.428. The van der Waals surface area contributed by atoms with Gasteiger partial charge < -0.3 is 9.30 Å². The quantitative estimate of drug-likeness (QED) is 0.351. The van der Waals surface area contributed by atoms with Crippen molar-refractivity contribution in [2.45, 2.75) is 19.9 Å². The number of ether oxygens (including phenoxy) is 1. The number of carbonyl (C=O) groups excluding carboxylic acids is 1. The lowest BCUT2D eigenvalue weighted by Gasteiger charge is -2.05. The number of nitro benzene ring substituents is 1. The fourth-order valence-electron chi connectivity index (χ4n) is 2.49. The Morgan fingerprint density at radius 3 is 2.92 bits per heavy atom. The summed E-state index contributed by atoms with van der Waals surface area (Å²) in [4.78, 5) is 28.6. The normalized spacial score (nSPS) is 12.0. The fraction of sp³-hybridized carbons (Fsp3) is 0.294. The van der Waals surface area contributed by atoms with Crippen molar-refractivity contribution in [3.8, 4) is 0 Å². The number of aromatic nitrogens is 1. The highest BCUT2D eigenvalue weighted by Gasteiger charge is 2.13. The van der Waals surface area contributed by atoms with Crippen LogP contribution in [0.4, 0.5) is 5.69 Å². The molecular formula is C17H17N3O4S2. The van der Waals surface area contributed by atoms with Gasteiger partial charge in [0.15, 0.2) is 4.80 Å². The number of thiazole rings is 1. The van der Waals surface area contributed by atoms with Crippen LogP contribution in [0, 0.1) is 10.1 Å². The number of non-ortho nitro benzene ring substituents is 1. The zero-order valence-electron chi connectivity index (χ0n) is 14.1. The third-order valence-electron chi connectivity index (χ3n) is 3.67. The number of hydrogen-bond acceptors (Lipinski definition) is 6. The predicted molar refractivity (Wildman–Crippen MR) is 102 cm³/mol. The van der Waals surface area contributed by atoms with Crippen molar-refractivity contribution in [2.75, 3.05) is 13.2 Å². The lowest BCUT2D eigenvalue weighted by molar-refractivity contribution is -0.384. The van der Waals surface area contributed by atoms with Gasteiger partial charge in [0, 0.05) is 30.2 Å². The molecule has 0 aliphatic rings. The molecule has 0 aliphatic heterocycles. The molecule has 0 unspecified atom stereocenters. The Labute approximate surface area is 157 Å². The van der Waals surface area contributed by atoms with E-state index in [9.17, 15) is 14.9 Å². The van der Waals surface area contributed by atoms with Gasteiger partial charge in [-0.15, -0.1) is 11.3 Å². The number of fused-ring (bicyclic) bond motifs is 1. The second kappa shape index (κ2) is 8.35. The number of nitrogens with zero attached hydrogens (tertiary/aromatic N) is 3. The molecule has 9 heteroatoms. The smallest absolute Gasteiger partial charge is 0.270 e. The Morgan fingerprint density at radius 2 is 2.23 bits per heavy atom. The highest BCUT2D eigenvalue weighted by atomic mass is 32.1. The van der Waals surface area contributed by atoms with Crippen LogP contribution in [0.5, 0.6) is 0 Å². The second-order valence-electron chi connectivity index (χ2n) is 5.40. The molecule has 136 valence electrons. The van der Waals surface area contributed by atoms with E-state index < -0.39 is 4.92 Å². The van der Waals surface area contributed by atoms with E-state index in [1.807, 2.05) is 29.0 Å². The van der Waals surface area contributed by atoms with E-state index in [1.54, 1.807) is 6.07 Å². The Bertz CT molecular complexity index is 989. The molecule has 3 aromatic rings. The summed E-state index contributed by atoms with van der Waals surface area (Å²) in [6, 6.07) is 8.46. The third kappa shape index (κ3) is 4.24. The third-order valence-corrected chi connectivity index (χ3v) is 5.58. The monoisotopic (exact) mass is 391 g/mol.